The Bertz CT molecular complexity index is 874. The molecule has 0 fully saturated rings. The summed E-state index contributed by atoms with van der Waals surface area (Å²) in [5.41, 5.74) is 5.11. The molecule has 2 aromatic rings. The molecular formula is C21H27N3O3. The van der Waals surface area contributed by atoms with Gasteiger partial charge in [-0.15, -0.1) is 0 Å². The van der Waals surface area contributed by atoms with Crippen molar-refractivity contribution in [1.82, 2.24) is 14.7 Å². The zero-order valence-electron chi connectivity index (χ0n) is 16.5. The Morgan fingerprint density at radius 1 is 1.33 bits per heavy atom. The van der Waals surface area contributed by atoms with E-state index >= 15 is 0 Å². The van der Waals surface area contributed by atoms with Crippen LogP contribution in [0.1, 0.15) is 59.7 Å². The quantitative estimate of drug-likeness (QED) is 0.834. The van der Waals surface area contributed by atoms with Crippen LogP contribution in [0.4, 0.5) is 0 Å². The molecule has 2 aliphatic rings. The molecule has 0 aliphatic carbocycles. The predicted octanol–water partition coefficient (Wildman–Crippen LogP) is 3.04. The number of aromatic nitrogens is 2. The van der Waals surface area contributed by atoms with Gasteiger partial charge in [-0.1, -0.05) is 6.07 Å². The van der Waals surface area contributed by atoms with Crippen LogP contribution in [-0.2, 0) is 31.2 Å². The van der Waals surface area contributed by atoms with Crippen molar-refractivity contribution in [2.45, 2.75) is 52.4 Å². The van der Waals surface area contributed by atoms with Crippen LogP contribution in [0.5, 0.6) is 5.75 Å². The molecule has 0 saturated heterocycles. The van der Waals surface area contributed by atoms with Crippen LogP contribution in [0.2, 0.25) is 0 Å². The average Bonchev–Trinajstić information content (AvgIpc) is 2.97. The highest BCUT2D eigenvalue weighted by atomic mass is 16.5. The molecule has 4 rings (SSSR count). The molecule has 0 bridgehead atoms. The van der Waals surface area contributed by atoms with Crippen molar-refractivity contribution in [1.29, 1.82) is 0 Å². The lowest BCUT2D eigenvalue weighted by Crippen LogP contribution is -2.37. The summed E-state index contributed by atoms with van der Waals surface area (Å²) in [7, 11) is 1.86. The minimum atomic E-state index is -0.0765. The lowest BCUT2D eigenvalue weighted by Gasteiger charge is -2.30. The third kappa shape index (κ3) is 3.23. The van der Waals surface area contributed by atoms with E-state index in [1.807, 2.05) is 38.8 Å². The number of carbonyl (C=O) groups is 1. The molecule has 0 spiro atoms. The molecule has 3 heterocycles. The number of benzene rings is 1. The molecule has 2 atom stereocenters. The van der Waals surface area contributed by atoms with E-state index in [1.54, 1.807) is 4.68 Å². The van der Waals surface area contributed by atoms with Gasteiger partial charge in [-0.2, -0.15) is 5.10 Å². The van der Waals surface area contributed by atoms with E-state index in [0.29, 0.717) is 18.8 Å². The summed E-state index contributed by atoms with van der Waals surface area (Å²) in [6, 6.07) is 6.20. The molecule has 2 aliphatic heterocycles. The Morgan fingerprint density at radius 2 is 2.15 bits per heavy atom. The number of ether oxygens (including phenoxy) is 2. The molecule has 0 N–H and O–H groups in total. The largest absolute Gasteiger partial charge is 0.494 e. The SMILES string of the molecule is CCOc1ccc2c(c1)CN(C(=O)c1c3c(nn1C)[C@H](C)O[C@H](C)C3)CC2. The maximum Gasteiger partial charge on any atom is 0.272 e. The van der Waals surface area contributed by atoms with E-state index in [9.17, 15) is 4.79 Å². The summed E-state index contributed by atoms with van der Waals surface area (Å²) < 4.78 is 13.2. The first-order valence-corrected chi connectivity index (χ1v) is 9.73. The Hall–Kier alpha value is -2.34. The molecule has 1 aromatic heterocycles. The van der Waals surface area contributed by atoms with Crippen LogP contribution in [0.15, 0.2) is 18.2 Å². The van der Waals surface area contributed by atoms with E-state index in [2.05, 4.69) is 17.2 Å². The Kier molecular flexibility index (Phi) is 4.68. The van der Waals surface area contributed by atoms with Crippen molar-refractivity contribution < 1.29 is 14.3 Å². The zero-order chi connectivity index (χ0) is 19.1. The van der Waals surface area contributed by atoms with Gasteiger partial charge in [0.25, 0.3) is 5.91 Å². The fourth-order valence-electron chi connectivity index (χ4n) is 4.25. The molecular weight excluding hydrogens is 342 g/mol. The summed E-state index contributed by atoms with van der Waals surface area (Å²) in [6.45, 7) is 8.00. The summed E-state index contributed by atoms with van der Waals surface area (Å²) in [4.78, 5) is 15.3. The van der Waals surface area contributed by atoms with E-state index < -0.39 is 0 Å². The molecule has 27 heavy (non-hydrogen) atoms. The van der Waals surface area contributed by atoms with E-state index in [0.717, 1.165) is 36.4 Å². The second kappa shape index (κ2) is 7.00. The topological polar surface area (TPSA) is 56.6 Å². The summed E-state index contributed by atoms with van der Waals surface area (Å²) in [5.74, 6) is 0.920. The zero-order valence-corrected chi connectivity index (χ0v) is 16.5. The molecule has 144 valence electrons. The van der Waals surface area contributed by atoms with Gasteiger partial charge in [-0.3, -0.25) is 9.48 Å². The number of hydrogen-bond acceptors (Lipinski definition) is 4. The van der Waals surface area contributed by atoms with Crippen LogP contribution >= 0.6 is 0 Å². The predicted molar refractivity (Wildman–Crippen MR) is 102 cm³/mol. The molecule has 0 unspecified atom stereocenters. The number of rotatable bonds is 3. The summed E-state index contributed by atoms with van der Waals surface area (Å²) in [5, 5.41) is 4.59. The second-order valence-corrected chi connectivity index (χ2v) is 7.47. The fourth-order valence-corrected chi connectivity index (χ4v) is 4.25. The maximum absolute atomic E-state index is 13.4. The van der Waals surface area contributed by atoms with Gasteiger partial charge in [0.05, 0.1) is 24.5 Å². The molecule has 0 saturated carbocycles. The highest BCUT2D eigenvalue weighted by molar-refractivity contribution is 5.94. The number of amides is 1. The van der Waals surface area contributed by atoms with Crippen LogP contribution in [0.25, 0.3) is 0 Å². The second-order valence-electron chi connectivity index (χ2n) is 7.47. The molecule has 0 radical (unpaired) electrons. The average molecular weight is 369 g/mol. The van der Waals surface area contributed by atoms with E-state index in [-0.39, 0.29) is 18.1 Å². The fraction of sp³-hybridized carbons (Fsp3) is 0.524. The van der Waals surface area contributed by atoms with Gasteiger partial charge in [0, 0.05) is 32.1 Å². The standard InChI is InChI=1S/C21H27N3O3/c1-5-26-17-7-6-15-8-9-24(12-16(15)11-17)21(25)20-18-10-13(2)27-14(3)19(18)22-23(20)4/h6-7,11,13-14H,5,8-10,12H2,1-4H3/t13-,14+/m1/s1. The van der Waals surface area contributed by atoms with Crippen molar-refractivity contribution in [3.8, 4) is 5.75 Å². The highest BCUT2D eigenvalue weighted by Crippen LogP contribution is 2.32. The third-order valence-electron chi connectivity index (χ3n) is 5.48. The molecule has 6 nitrogen and oxygen atoms in total. The van der Waals surface area contributed by atoms with Crippen molar-refractivity contribution >= 4 is 5.91 Å². The van der Waals surface area contributed by atoms with Crippen LogP contribution in [-0.4, -0.2) is 39.8 Å². The summed E-state index contributed by atoms with van der Waals surface area (Å²) in [6.07, 6.45) is 1.61. The summed E-state index contributed by atoms with van der Waals surface area (Å²) >= 11 is 0. The lowest BCUT2D eigenvalue weighted by atomic mass is 9.97. The van der Waals surface area contributed by atoms with Crippen LogP contribution < -0.4 is 4.74 Å². The van der Waals surface area contributed by atoms with Crippen molar-refractivity contribution in [2.24, 2.45) is 7.05 Å². The number of hydrogen-bond donors (Lipinski definition) is 0. The molecule has 1 amide bonds. The molecule has 6 heteroatoms. The van der Waals surface area contributed by atoms with Gasteiger partial charge in [0.1, 0.15) is 11.4 Å². The Balaban J connectivity index is 1.62. The first-order chi connectivity index (χ1) is 13.0. The number of carbonyl (C=O) groups excluding carboxylic acids is 1. The highest BCUT2D eigenvalue weighted by Gasteiger charge is 2.33. The Morgan fingerprint density at radius 3 is 2.93 bits per heavy atom. The van der Waals surface area contributed by atoms with E-state index in [4.69, 9.17) is 9.47 Å². The van der Waals surface area contributed by atoms with Gasteiger partial charge in [0.2, 0.25) is 0 Å². The minimum absolute atomic E-state index is 0.0556. The Labute approximate surface area is 160 Å². The smallest absolute Gasteiger partial charge is 0.272 e. The first kappa shape index (κ1) is 18.0. The van der Waals surface area contributed by atoms with Crippen molar-refractivity contribution in [3.05, 3.63) is 46.3 Å². The molecule has 1 aromatic carbocycles. The van der Waals surface area contributed by atoms with Gasteiger partial charge < -0.3 is 14.4 Å². The number of aryl methyl sites for hydroxylation is 1. The van der Waals surface area contributed by atoms with Crippen LogP contribution in [0.3, 0.4) is 0 Å². The first-order valence-electron chi connectivity index (χ1n) is 9.73. The van der Waals surface area contributed by atoms with Crippen LogP contribution in [0, 0.1) is 0 Å². The van der Waals surface area contributed by atoms with Crippen molar-refractivity contribution in [3.63, 3.8) is 0 Å². The lowest BCUT2D eigenvalue weighted by molar-refractivity contribution is -0.00714. The van der Waals surface area contributed by atoms with Gasteiger partial charge in [0.15, 0.2) is 0 Å². The maximum atomic E-state index is 13.4. The monoisotopic (exact) mass is 369 g/mol. The minimum Gasteiger partial charge on any atom is -0.494 e. The normalized spacial score (nSPS) is 21.6. The third-order valence-corrected chi connectivity index (χ3v) is 5.48. The number of nitrogens with zero attached hydrogens (tertiary/aromatic N) is 3. The van der Waals surface area contributed by atoms with Gasteiger partial charge in [-0.05, 0) is 50.5 Å². The number of fused-ring (bicyclic) bond motifs is 2. The van der Waals surface area contributed by atoms with Gasteiger partial charge >= 0.3 is 0 Å². The van der Waals surface area contributed by atoms with Gasteiger partial charge in [-0.25, -0.2) is 0 Å². The van der Waals surface area contributed by atoms with Crippen molar-refractivity contribution in [2.75, 3.05) is 13.2 Å². The van der Waals surface area contributed by atoms with E-state index in [1.165, 1.54) is 11.1 Å².